The third-order valence-corrected chi connectivity index (χ3v) is 5.93. The van der Waals surface area contributed by atoms with Crippen LogP contribution < -0.4 is 4.72 Å². The maximum absolute atomic E-state index is 11.7. The van der Waals surface area contributed by atoms with E-state index in [4.69, 9.17) is 0 Å². The zero-order valence-corrected chi connectivity index (χ0v) is 14.3. The Morgan fingerprint density at radius 1 is 1.45 bits per heavy atom. The van der Waals surface area contributed by atoms with Crippen LogP contribution in [-0.4, -0.2) is 43.1 Å². The van der Waals surface area contributed by atoms with E-state index in [1.54, 1.807) is 11.3 Å². The van der Waals surface area contributed by atoms with E-state index >= 15 is 0 Å². The fourth-order valence-electron chi connectivity index (χ4n) is 2.28. The highest BCUT2D eigenvalue weighted by molar-refractivity contribution is 7.87. The van der Waals surface area contributed by atoms with E-state index < -0.39 is 10.2 Å². The molecule has 0 atom stereocenters. The van der Waals surface area contributed by atoms with Gasteiger partial charge in [0.2, 0.25) is 0 Å². The fourth-order valence-corrected chi connectivity index (χ4v) is 3.54. The number of aromatic nitrogens is 2. The summed E-state index contributed by atoms with van der Waals surface area (Å²) < 4.78 is 29.2. The largest absolute Gasteiger partial charge is 0.278 e. The van der Waals surface area contributed by atoms with Gasteiger partial charge in [-0.2, -0.15) is 29.2 Å². The van der Waals surface area contributed by atoms with Crippen molar-refractivity contribution in [2.45, 2.75) is 25.3 Å². The molecule has 0 aromatic carbocycles. The van der Waals surface area contributed by atoms with Gasteiger partial charge in [-0.05, 0) is 30.4 Å². The average Bonchev–Trinajstić information content (AvgIpc) is 3.00. The molecule has 0 spiro atoms. The first kappa shape index (κ1) is 15.7. The second-order valence-corrected chi connectivity index (χ2v) is 8.39. The molecule has 2 heterocycles. The van der Waals surface area contributed by atoms with Crippen molar-refractivity contribution in [1.29, 1.82) is 0 Å². The number of thiophene rings is 1. The molecule has 2 aromatic heterocycles. The molecule has 120 valence electrons. The molecule has 0 amide bonds. The Morgan fingerprint density at radius 2 is 2.23 bits per heavy atom. The summed E-state index contributed by atoms with van der Waals surface area (Å²) in [6.07, 6.45) is 2.39. The van der Waals surface area contributed by atoms with Crippen LogP contribution in [0.15, 0.2) is 22.9 Å². The smallest absolute Gasteiger partial charge is 0.267 e. The molecule has 0 saturated heterocycles. The van der Waals surface area contributed by atoms with Gasteiger partial charge in [0.15, 0.2) is 0 Å². The van der Waals surface area contributed by atoms with Crippen LogP contribution in [0.5, 0.6) is 0 Å². The number of hydrogen-bond acceptors (Lipinski definition) is 4. The highest BCUT2D eigenvalue weighted by Gasteiger charge is 2.28. The summed E-state index contributed by atoms with van der Waals surface area (Å²) in [6.45, 7) is 0.883. The van der Waals surface area contributed by atoms with Crippen LogP contribution in [0.1, 0.15) is 24.5 Å². The van der Waals surface area contributed by atoms with Crippen molar-refractivity contribution in [2.24, 2.45) is 0 Å². The summed E-state index contributed by atoms with van der Waals surface area (Å²) in [7, 11) is -0.349. The quantitative estimate of drug-likeness (QED) is 0.837. The second-order valence-electron chi connectivity index (χ2n) is 5.65. The Balaban J connectivity index is 1.73. The third-order valence-electron chi connectivity index (χ3n) is 3.71. The van der Waals surface area contributed by atoms with Crippen LogP contribution in [0.3, 0.4) is 0 Å². The molecule has 0 radical (unpaired) electrons. The number of nitrogens with one attached hydrogen (secondary N) is 1. The molecule has 22 heavy (non-hydrogen) atoms. The van der Waals surface area contributed by atoms with E-state index in [0.29, 0.717) is 19.0 Å². The standard InChI is InChI=1S/C14H20N4O2S2/c1-17(2)22(19,20)15-6-7-18-14(11-3-4-11)9-13(16-18)12-5-8-21-10-12/h5,8-11,15H,3-4,6-7H2,1-2H3. The summed E-state index contributed by atoms with van der Waals surface area (Å²) >= 11 is 1.65. The van der Waals surface area contributed by atoms with Crippen molar-refractivity contribution in [3.63, 3.8) is 0 Å². The lowest BCUT2D eigenvalue weighted by Gasteiger charge is -2.13. The molecule has 1 aliphatic rings. The van der Waals surface area contributed by atoms with Gasteiger partial charge < -0.3 is 0 Å². The van der Waals surface area contributed by atoms with Crippen molar-refractivity contribution in [2.75, 3.05) is 20.6 Å². The van der Waals surface area contributed by atoms with Crippen molar-refractivity contribution in [1.82, 2.24) is 18.8 Å². The lowest BCUT2D eigenvalue weighted by atomic mass is 10.2. The van der Waals surface area contributed by atoms with Gasteiger partial charge in [-0.15, -0.1) is 0 Å². The van der Waals surface area contributed by atoms with E-state index in [2.05, 4.69) is 27.3 Å². The molecule has 1 saturated carbocycles. The minimum Gasteiger partial charge on any atom is -0.267 e. The minimum atomic E-state index is -3.38. The molecule has 3 rings (SSSR count). The predicted octanol–water partition coefficient (Wildman–Crippen LogP) is 1.89. The number of rotatable bonds is 7. The second kappa shape index (κ2) is 6.11. The summed E-state index contributed by atoms with van der Waals surface area (Å²) in [6, 6.07) is 4.20. The molecule has 1 aliphatic carbocycles. The SMILES string of the molecule is CN(C)S(=O)(=O)NCCn1nc(-c2ccsc2)cc1C1CC1. The molecular formula is C14H20N4O2S2. The van der Waals surface area contributed by atoms with Crippen LogP contribution in [0.25, 0.3) is 11.3 Å². The van der Waals surface area contributed by atoms with Crippen molar-refractivity contribution in [3.05, 3.63) is 28.6 Å². The van der Waals surface area contributed by atoms with Crippen molar-refractivity contribution < 1.29 is 8.42 Å². The first-order chi connectivity index (χ1) is 10.5. The number of nitrogens with zero attached hydrogens (tertiary/aromatic N) is 3. The van der Waals surface area contributed by atoms with Crippen LogP contribution in [-0.2, 0) is 16.8 Å². The molecule has 6 nitrogen and oxygen atoms in total. The van der Waals surface area contributed by atoms with Crippen LogP contribution in [0.4, 0.5) is 0 Å². The van der Waals surface area contributed by atoms with Gasteiger partial charge in [0.1, 0.15) is 0 Å². The van der Waals surface area contributed by atoms with Gasteiger partial charge in [0, 0.05) is 43.2 Å². The van der Waals surface area contributed by atoms with Gasteiger partial charge >= 0.3 is 0 Å². The minimum absolute atomic E-state index is 0.338. The van der Waals surface area contributed by atoms with Gasteiger partial charge in [0.25, 0.3) is 10.2 Å². The van der Waals surface area contributed by atoms with E-state index in [1.165, 1.54) is 36.9 Å². The summed E-state index contributed by atoms with van der Waals surface area (Å²) in [4.78, 5) is 0. The summed E-state index contributed by atoms with van der Waals surface area (Å²) in [5, 5.41) is 8.77. The van der Waals surface area contributed by atoms with E-state index in [1.807, 2.05) is 10.1 Å². The molecular weight excluding hydrogens is 320 g/mol. The van der Waals surface area contributed by atoms with Gasteiger partial charge in [0.05, 0.1) is 12.2 Å². The molecule has 8 heteroatoms. The Morgan fingerprint density at radius 3 is 2.82 bits per heavy atom. The Hall–Kier alpha value is -1.22. The van der Waals surface area contributed by atoms with Gasteiger partial charge in [-0.3, -0.25) is 4.68 Å². The fraction of sp³-hybridized carbons (Fsp3) is 0.500. The predicted molar refractivity (Wildman–Crippen MR) is 88.1 cm³/mol. The molecule has 0 unspecified atom stereocenters. The van der Waals surface area contributed by atoms with Gasteiger partial charge in [-0.1, -0.05) is 0 Å². The summed E-state index contributed by atoms with van der Waals surface area (Å²) in [5.74, 6) is 0.574. The van der Waals surface area contributed by atoms with E-state index in [-0.39, 0.29) is 0 Å². The average molecular weight is 340 g/mol. The molecule has 1 fully saturated rings. The Kier molecular flexibility index (Phi) is 4.35. The van der Waals surface area contributed by atoms with Crippen molar-refractivity contribution in [3.8, 4) is 11.3 Å². The number of hydrogen-bond donors (Lipinski definition) is 1. The topological polar surface area (TPSA) is 67.2 Å². The molecule has 0 aliphatic heterocycles. The van der Waals surface area contributed by atoms with E-state index in [0.717, 1.165) is 11.3 Å². The highest BCUT2D eigenvalue weighted by Crippen LogP contribution is 2.41. The lowest BCUT2D eigenvalue weighted by molar-refractivity contribution is 0.495. The van der Waals surface area contributed by atoms with Crippen molar-refractivity contribution >= 4 is 21.5 Å². The lowest BCUT2D eigenvalue weighted by Crippen LogP contribution is -2.37. The summed E-state index contributed by atoms with van der Waals surface area (Å²) in [5.41, 5.74) is 3.31. The first-order valence-electron chi connectivity index (χ1n) is 7.25. The first-order valence-corrected chi connectivity index (χ1v) is 9.63. The molecule has 1 N–H and O–H groups in total. The van der Waals surface area contributed by atoms with E-state index in [9.17, 15) is 8.42 Å². The molecule has 2 aromatic rings. The van der Waals surface area contributed by atoms with Crippen LogP contribution in [0, 0.1) is 0 Å². The van der Waals surface area contributed by atoms with Gasteiger partial charge in [-0.25, -0.2) is 4.72 Å². The molecule has 0 bridgehead atoms. The zero-order chi connectivity index (χ0) is 15.7. The monoisotopic (exact) mass is 340 g/mol. The normalized spacial score (nSPS) is 15.6. The van der Waals surface area contributed by atoms with Crippen LogP contribution >= 0.6 is 11.3 Å². The maximum Gasteiger partial charge on any atom is 0.278 e. The third kappa shape index (κ3) is 3.40. The van der Waals surface area contributed by atoms with Crippen LogP contribution in [0.2, 0.25) is 0 Å². The maximum atomic E-state index is 11.7. The highest BCUT2D eigenvalue weighted by atomic mass is 32.2. The zero-order valence-electron chi connectivity index (χ0n) is 12.7. The Bertz CT molecular complexity index is 731. The Labute approximate surface area is 134 Å².